The number of rotatable bonds is 7. The zero-order chi connectivity index (χ0) is 10.2. The van der Waals surface area contributed by atoms with Crippen LogP contribution in [0.2, 0.25) is 0 Å². The molecule has 0 aromatic rings. The molecule has 1 N–H and O–H groups in total. The lowest BCUT2D eigenvalue weighted by molar-refractivity contribution is 0.0114. The Kier molecular flexibility index (Phi) is 6.62. The molecule has 0 aliphatic heterocycles. The van der Waals surface area contributed by atoms with E-state index in [1.165, 1.54) is 0 Å². The third kappa shape index (κ3) is 5.65. The molecular formula is C11H21NO. The van der Waals surface area contributed by atoms with E-state index in [1.807, 2.05) is 0 Å². The van der Waals surface area contributed by atoms with Crippen LogP contribution in [-0.2, 0) is 0 Å². The molecule has 76 valence electrons. The first-order valence-corrected chi connectivity index (χ1v) is 5.28. The van der Waals surface area contributed by atoms with Crippen LogP contribution in [-0.4, -0.2) is 10.7 Å². The highest BCUT2D eigenvalue weighted by Crippen LogP contribution is 2.25. The molecule has 0 aromatic heterocycles. The van der Waals surface area contributed by atoms with Crippen LogP contribution in [0.3, 0.4) is 0 Å². The smallest absolute Gasteiger partial charge is 0.0648 e. The van der Waals surface area contributed by atoms with E-state index in [2.05, 4.69) is 19.9 Å². The molecule has 0 fully saturated rings. The molecule has 0 saturated carbocycles. The van der Waals surface area contributed by atoms with Gasteiger partial charge >= 0.3 is 0 Å². The van der Waals surface area contributed by atoms with Crippen LogP contribution in [0.4, 0.5) is 0 Å². The topological polar surface area (TPSA) is 44.0 Å². The Morgan fingerprint density at radius 1 is 1.15 bits per heavy atom. The van der Waals surface area contributed by atoms with E-state index >= 15 is 0 Å². The molecule has 0 saturated heterocycles. The number of nitrogens with zero attached hydrogens (tertiary/aromatic N) is 1. The zero-order valence-electron chi connectivity index (χ0n) is 8.84. The van der Waals surface area contributed by atoms with Crippen molar-refractivity contribution in [1.82, 2.24) is 0 Å². The summed E-state index contributed by atoms with van der Waals surface area (Å²) in [6.07, 6.45) is 5.94. The quantitative estimate of drug-likeness (QED) is 0.616. The molecule has 0 amide bonds. The van der Waals surface area contributed by atoms with Gasteiger partial charge in [0.15, 0.2) is 0 Å². The van der Waals surface area contributed by atoms with Gasteiger partial charge in [0.2, 0.25) is 0 Å². The van der Waals surface area contributed by atoms with Gasteiger partial charge in [0.05, 0.1) is 11.7 Å². The summed E-state index contributed by atoms with van der Waals surface area (Å²) in [6, 6.07) is 2.11. The summed E-state index contributed by atoms with van der Waals surface area (Å²) in [6.45, 7) is 4.18. The van der Waals surface area contributed by atoms with Crippen molar-refractivity contribution in [1.29, 1.82) is 5.26 Å². The average Bonchev–Trinajstić information content (AvgIpc) is 2.05. The summed E-state index contributed by atoms with van der Waals surface area (Å²) < 4.78 is 0. The fourth-order valence-electron chi connectivity index (χ4n) is 1.80. The Labute approximate surface area is 81.6 Å². The monoisotopic (exact) mass is 183 g/mol. The summed E-state index contributed by atoms with van der Waals surface area (Å²) in [7, 11) is 0. The van der Waals surface area contributed by atoms with Crippen molar-refractivity contribution in [3.8, 4) is 6.07 Å². The molecule has 0 rings (SSSR count). The van der Waals surface area contributed by atoms with Gasteiger partial charge in [-0.25, -0.2) is 0 Å². The minimum Gasteiger partial charge on any atom is -0.390 e. The number of unbranched alkanes of at least 4 members (excludes halogenated alkanes) is 1. The van der Waals surface area contributed by atoms with E-state index in [-0.39, 0.29) is 0 Å². The third-order valence-corrected chi connectivity index (χ3v) is 2.36. The number of aliphatic hydroxyl groups is 1. The Morgan fingerprint density at radius 2 is 1.69 bits per heavy atom. The Bertz CT molecular complexity index is 154. The van der Waals surface area contributed by atoms with Gasteiger partial charge in [-0.15, -0.1) is 0 Å². The largest absolute Gasteiger partial charge is 0.390 e. The molecule has 2 heteroatoms. The summed E-state index contributed by atoms with van der Waals surface area (Å²) in [5.74, 6) is 0. The summed E-state index contributed by atoms with van der Waals surface area (Å²) in [5.41, 5.74) is -0.500. The predicted octanol–water partition coefficient (Wildman–Crippen LogP) is 3.01. The summed E-state index contributed by atoms with van der Waals surface area (Å²) >= 11 is 0. The van der Waals surface area contributed by atoms with E-state index < -0.39 is 5.60 Å². The molecular weight excluding hydrogens is 162 g/mol. The van der Waals surface area contributed by atoms with Crippen LogP contribution < -0.4 is 0 Å². The van der Waals surface area contributed by atoms with Gasteiger partial charge in [-0.05, 0) is 25.7 Å². The van der Waals surface area contributed by atoms with Crippen molar-refractivity contribution < 1.29 is 5.11 Å². The molecule has 0 radical (unpaired) electrons. The van der Waals surface area contributed by atoms with Crippen LogP contribution in [0.5, 0.6) is 0 Å². The van der Waals surface area contributed by atoms with E-state index in [4.69, 9.17) is 5.26 Å². The molecule has 0 aliphatic carbocycles. The minimum absolute atomic E-state index is 0.500. The minimum atomic E-state index is -0.500. The van der Waals surface area contributed by atoms with Crippen LogP contribution in [0.15, 0.2) is 0 Å². The van der Waals surface area contributed by atoms with E-state index in [1.54, 1.807) is 0 Å². The normalized spacial score (nSPS) is 11.2. The maximum Gasteiger partial charge on any atom is 0.0648 e. The van der Waals surface area contributed by atoms with Crippen molar-refractivity contribution in [2.45, 2.75) is 64.4 Å². The van der Waals surface area contributed by atoms with Gasteiger partial charge in [0.25, 0.3) is 0 Å². The van der Waals surface area contributed by atoms with Crippen molar-refractivity contribution in [2.75, 3.05) is 0 Å². The maximum absolute atomic E-state index is 10.1. The van der Waals surface area contributed by atoms with Crippen molar-refractivity contribution in [3.63, 3.8) is 0 Å². The Balaban J connectivity index is 3.85. The molecule has 0 aromatic carbocycles. The lowest BCUT2D eigenvalue weighted by Crippen LogP contribution is -2.27. The van der Waals surface area contributed by atoms with Gasteiger partial charge in [-0.2, -0.15) is 5.26 Å². The third-order valence-electron chi connectivity index (χ3n) is 2.36. The van der Waals surface area contributed by atoms with Crippen molar-refractivity contribution >= 4 is 0 Å². The molecule has 0 atom stereocenters. The molecule has 0 spiro atoms. The second-order valence-corrected chi connectivity index (χ2v) is 3.74. The second kappa shape index (κ2) is 6.91. The summed E-state index contributed by atoms with van der Waals surface area (Å²) in [5, 5.41) is 18.5. The molecule has 0 unspecified atom stereocenters. The maximum atomic E-state index is 10.1. The first-order valence-electron chi connectivity index (χ1n) is 5.28. The van der Waals surface area contributed by atoms with Gasteiger partial charge < -0.3 is 5.11 Å². The van der Waals surface area contributed by atoms with Crippen LogP contribution >= 0.6 is 0 Å². The molecule has 2 nitrogen and oxygen atoms in total. The highest BCUT2D eigenvalue weighted by Gasteiger charge is 2.23. The number of nitriles is 1. The number of hydrogen-bond donors (Lipinski definition) is 1. The van der Waals surface area contributed by atoms with Crippen LogP contribution in [0.25, 0.3) is 0 Å². The highest BCUT2D eigenvalue weighted by atomic mass is 16.3. The highest BCUT2D eigenvalue weighted by molar-refractivity contribution is 4.79. The Morgan fingerprint density at radius 3 is 2.08 bits per heavy atom. The zero-order valence-corrected chi connectivity index (χ0v) is 8.84. The molecule has 0 bridgehead atoms. The average molecular weight is 183 g/mol. The lowest BCUT2D eigenvalue weighted by atomic mass is 9.88. The SMILES string of the molecule is CCCC(O)(CCC)CCCC#N. The van der Waals surface area contributed by atoms with Gasteiger partial charge in [-0.3, -0.25) is 0 Å². The van der Waals surface area contributed by atoms with Crippen LogP contribution in [0, 0.1) is 11.3 Å². The first-order chi connectivity index (χ1) is 6.18. The fourth-order valence-corrected chi connectivity index (χ4v) is 1.80. The van der Waals surface area contributed by atoms with Gasteiger partial charge in [0, 0.05) is 6.42 Å². The summed E-state index contributed by atoms with van der Waals surface area (Å²) in [4.78, 5) is 0. The Hall–Kier alpha value is -0.550. The van der Waals surface area contributed by atoms with E-state index in [9.17, 15) is 5.11 Å². The molecule has 13 heavy (non-hydrogen) atoms. The van der Waals surface area contributed by atoms with Crippen LogP contribution in [0.1, 0.15) is 58.8 Å². The van der Waals surface area contributed by atoms with Crippen molar-refractivity contribution in [3.05, 3.63) is 0 Å². The second-order valence-electron chi connectivity index (χ2n) is 3.74. The van der Waals surface area contributed by atoms with Gasteiger partial charge in [-0.1, -0.05) is 26.7 Å². The van der Waals surface area contributed by atoms with Crippen molar-refractivity contribution in [2.24, 2.45) is 0 Å². The standard InChI is InChI=1S/C11H21NO/c1-3-7-11(13,8-4-2)9-5-6-10-12/h13H,3-9H2,1-2H3. The lowest BCUT2D eigenvalue weighted by Gasteiger charge is -2.27. The number of hydrogen-bond acceptors (Lipinski definition) is 2. The first kappa shape index (κ1) is 12.4. The fraction of sp³-hybridized carbons (Fsp3) is 0.909. The molecule has 0 heterocycles. The van der Waals surface area contributed by atoms with E-state index in [0.717, 1.165) is 38.5 Å². The van der Waals surface area contributed by atoms with Gasteiger partial charge in [0.1, 0.15) is 0 Å². The van der Waals surface area contributed by atoms with E-state index in [0.29, 0.717) is 6.42 Å². The molecule has 0 aliphatic rings. The predicted molar refractivity (Wildman–Crippen MR) is 54.2 cm³/mol.